The molecule has 0 N–H and O–H groups in total. The van der Waals surface area contributed by atoms with E-state index in [4.69, 9.17) is 4.52 Å². The zero-order valence-corrected chi connectivity index (χ0v) is 17.6. The van der Waals surface area contributed by atoms with Crippen molar-refractivity contribution in [3.8, 4) is 22.7 Å². The van der Waals surface area contributed by atoms with Crippen LogP contribution in [0.5, 0.6) is 0 Å². The lowest BCUT2D eigenvalue weighted by molar-refractivity contribution is 0.332. The molecule has 1 saturated carbocycles. The Hall–Kier alpha value is -3.09. The quantitative estimate of drug-likeness (QED) is 0.393. The van der Waals surface area contributed by atoms with E-state index < -0.39 is 5.83 Å². The van der Waals surface area contributed by atoms with Crippen molar-refractivity contribution in [1.82, 2.24) is 19.9 Å². The lowest BCUT2D eigenvalue weighted by atomic mass is 9.95. The Balaban J connectivity index is 1.65. The normalized spacial score (nSPS) is 16.1. The van der Waals surface area contributed by atoms with Gasteiger partial charge in [-0.2, -0.15) is 10.1 Å². The van der Waals surface area contributed by atoms with Gasteiger partial charge in [0.1, 0.15) is 5.83 Å². The number of aromatic nitrogens is 4. The van der Waals surface area contributed by atoms with E-state index in [2.05, 4.69) is 19.9 Å². The smallest absolute Gasteiger partial charge is 0.261 e. The van der Waals surface area contributed by atoms with E-state index in [1.807, 2.05) is 30.3 Å². The van der Waals surface area contributed by atoms with Crippen molar-refractivity contribution in [3.05, 3.63) is 66.2 Å². The number of benzene rings is 1. The molecule has 1 aromatic carbocycles. The molecule has 4 rings (SSSR count). The second kappa shape index (κ2) is 9.81. The molecule has 7 heteroatoms. The van der Waals surface area contributed by atoms with Gasteiger partial charge >= 0.3 is 0 Å². The van der Waals surface area contributed by atoms with Crippen LogP contribution in [0.3, 0.4) is 0 Å². The minimum Gasteiger partial charge on any atom is -0.334 e. The van der Waals surface area contributed by atoms with Crippen LogP contribution < -0.4 is 0 Å². The van der Waals surface area contributed by atoms with Gasteiger partial charge < -0.3 is 4.52 Å². The van der Waals surface area contributed by atoms with Crippen molar-refractivity contribution >= 4 is 0 Å². The Morgan fingerprint density at radius 2 is 1.84 bits per heavy atom. The Labute approximate surface area is 180 Å². The molecule has 2 heterocycles. The molecular formula is C24H26F2N4O. The molecule has 0 spiro atoms. The van der Waals surface area contributed by atoms with Gasteiger partial charge in [0.15, 0.2) is 5.82 Å². The summed E-state index contributed by atoms with van der Waals surface area (Å²) < 4.78 is 34.8. The molecule has 1 aliphatic carbocycles. The molecule has 162 valence electrons. The predicted molar refractivity (Wildman–Crippen MR) is 115 cm³/mol. The zero-order chi connectivity index (χ0) is 21.6. The Kier molecular flexibility index (Phi) is 6.70. The number of hydrogen-bond donors (Lipinski definition) is 0. The third-order valence-electron chi connectivity index (χ3n) is 5.57. The van der Waals surface area contributed by atoms with Gasteiger partial charge in [-0.15, -0.1) is 0 Å². The Morgan fingerprint density at radius 1 is 1.10 bits per heavy atom. The van der Waals surface area contributed by atoms with Crippen LogP contribution in [-0.2, 0) is 6.42 Å². The summed E-state index contributed by atoms with van der Waals surface area (Å²) in [6.45, 7) is 1.67. The fourth-order valence-corrected chi connectivity index (χ4v) is 3.95. The van der Waals surface area contributed by atoms with E-state index in [0.717, 1.165) is 41.8 Å². The van der Waals surface area contributed by atoms with E-state index in [-0.39, 0.29) is 24.5 Å². The van der Waals surface area contributed by atoms with Crippen molar-refractivity contribution in [2.45, 2.75) is 57.9 Å². The summed E-state index contributed by atoms with van der Waals surface area (Å²) in [5.74, 6) is -0.402. The van der Waals surface area contributed by atoms with E-state index >= 15 is 0 Å². The average Bonchev–Trinajstić information content (AvgIpc) is 3.45. The van der Waals surface area contributed by atoms with Gasteiger partial charge in [-0.05, 0) is 31.4 Å². The largest absolute Gasteiger partial charge is 0.334 e. The van der Waals surface area contributed by atoms with Crippen LogP contribution in [0.2, 0.25) is 0 Å². The van der Waals surface area contributed by atoms with Crippen molar-refractivity contribution in [3.63, 3.8) is 0 Å². The molecule has 0 saturated heterocycles. The van der Waals surface area contributed by atoms with Gasteiger partial charge in [0.2, 0.25) is 0 Å². The van der Waals surface area contributed by atoms with Crippen molar-refractivity contribution < 1.29 is 13.3 Å². The van der Waals surface area contributed by atoms with Gasteiger partial charge in [-0.1, -0.05) is 61.7 Å². The molecule has 3 aromatic rings. The number of rotatable bonds is 7. The van der Waals surface area contributed by atoms with Crippen molar-refractivity contribution in [2.24, 2.45) is 0 Å². The minimum atomic E-state index is -0.530. The maximum atomic E-state index is 14.1. The number of hydrogen-bond acceptors (Lipinski definition) is 4. The molecule has 2 aromatic heterocycles. The standard InChI is InChI=1S/C24H26F2N4O/c1-2-18(25)13-14-19(26)15-22-28-24(31-29-22)21-16-27-30(20-11-7-4-8-12-20)23(21)17-9-5-3-6-10-17/h3,5-6,9-10,13-14,16,20H,2,4,7-8,11-12,15H2,1H3. The SMILES string of the molecule is CCC(F)=CC=C(F)Cc1noc(-c2cnn(C3CCCCC3)c2-c2ccccc2)n1. The monoisotopic (exact) mass is 424 g/mol. The third kappa shape index (κ3) is 4.98. The first-order chi connectivity index (χ1) is 15.2. The fraction of sp³-hybridized carbons (Fsp3) is 0.375. The number of nitrogens with zero attached hydrogens (tertiary/aromatic N) is 4. The molecule has 31 heavy (non-hydrogen) atoms. The lowest BCUT2D eigenvalue weighted by Crippen LogP contribution is -2.15. The number of allylic oxidation sites excluding steroid dienone is 4. The molecule has 1 aliphatic rings. The summed E-state index contributed by atoms with van der Waals surface area (Å²) in [6.07, 6.45) is 9.87. The van der Waals surface area contributed by atoms with Crippen LogP contribution in [0.1, 0.15) is 57.3 Å². The van der Waals surface area contributed by atoms with E-state index in [0.29, 0.717) is 11.9 Å². The average molecular weight is 424 g/mol. The molecule has 0 atom stereocenters. The van der Waals surface area contributed by atoms with Crippen LogP contribution in [0, 0.1) is 0 Å². The molecule has 1 fully saturated rings. The molecule has 5 nitrogen and oxygen atoms in total. The third-order valence-corrected chi connectivity index (χ3v) is 5.57. The highest BCUT2D eigenvalue weighted by Crippen LogP contribution is 2.37. The first kappa shape index (κ1) is 21.2. The molecule has 0 bridgehead atoms. The van der Waals surface area contributed by atoms with E-state index in [9.17, 15) is 8.78 Å². The highest BCUT2D eigenvalue weighted by atomic mass is 19.1. The molecule has 0 aliphatic heterocycles. The molecule has 0 radical (unpaired) electrons. The Morgan fingerprint density at radius 3 is 2.58 bits per heavy atom. The van der Waals surface area contributed by atoms with E-state index in [1.54, 1.807) is 13.1 Å². The minimum absolute atomic E-state index is 0.158. The maximum absolute atomic E-state index is 14.1. The highest BCUT2D eigenvalue weighted by molar-refractivity contribution is 5.76. The summed E-state index contributed by atoms with van der Waals surface area (Å²) in [6, 6.07) is 10.3. The van der Waals surface area contributed by atoms with Gasteiger partial charge in [0.05, 0.1) is 35.7 Å². The summed E-state index contributed by atoms with van der Waals surface area (Å²) in [5, 5.41) is 8.59. The van der Waals surface area contributed by atoms with Crippen LogP contribution in [0.25, 0.3) is 22.7 Å². The van der Waals surface area contributed by atoms with Crippen LogP contribution in [0.15, 0.2) is 64.9 Å². The lowest BCUT2D eigenvalue weighted by Gasteiger charge is -2.24. The van der Waals surface area contributed by atoms with E-state index in [1.165, 1.54) is 19.3 Å². The van der Waals surface area contributed by atoms with Crippen LogP contribution in [0.4, 0.5) is 8.78 Å². The Bertz CT molecular complexity index is 1060. The van der Waals surface area contributed by atoms with Gasteiger partial charge in [0, 0.05) is 5.56 Å². The molecule has 0 unspecified atom stereocenters. The maximum Gasteiger partial charge on any atom is 0.261 e. The highest BCUT2D eigenvalue weighted by Gasteiger charge is 2.25. The second-order valence-corrected chi connectivity index (χ2v) is 7.78. The number of halogens is 2. The van der Waals surface area contributed by atoms with Crippen molar-refractivity contribution in [1.29, 1.82) is 0 Å². The second-order valence-electron chi connectivity index (χ2n) is 7.78. The molecular weight excluding hydrogens is 398 g/mol. The summed E-state index contributed by atoms with van der Waals surface area (Å²) in [7, 11) is 0. The van der Waals surface area contributed by atoms with Crippen molar-refractivity contribution in [2.75, 3.05) is 0 Å². The van der Waals surface area contributed by atoms with Crippen LogP contribution in [-0.4, -0.2) is 19.9 Å². The summed E-state index contributed by atoms with van der Waals surface area (Å²) in [4.78, 5) is 4.39. The first-order valence-electron chi connectivity index (χ1n) is 10.8. The summed E-state index contributed by atoms with van der Waals surface area (Å²) >= 11 is 0. The van der Waals surface area contributed by atoms with Gasteiger partial charge in [-0.3, -0.25) is 4.68 Å². The van der Waals surface area contributed by atoms with Crippen LogP contribution >= 0.6 is 0 Å². The predicted octanol–water partition coefficient (Wildman–Crippen LogP) is 6.76. The first-order valence-corrected chi connectivity index (χ1v) is 10.8. The van der Waals surface area contributed by atoms with Gasteiger partial charge in [-0.25, -0.2) is 8.78 Å². The molecule has 0 amide bonds. The summed E-state index contributed by atoms with van der Waals surface area (Å²) in [5.41, 5.74) is 2.69. The fourth-order valence-electron chi connectivity index (χ4n) is 3.95. The van der Waals surface area contributed by atoms with Gasteiger partial charge in [0.25, 0.3) is 5.89 Å². The zero-order valence-electron chi connectivity index (χ0n) is 17.6. The topological polar surface area (TPSA) is 56.7 Å².